The number of hydrogen-bond acceptors (Lipinski definition) is 6. The van der Waals surface area contributed by atoms with E-state index in [-0.39, 0.29) is 11.4 Å². The summed E-state index contributed by atoms with van der Waals surface area (Å²) in [6.45, 7) is 1.10. The van der Waals surface area contributed by atoms with Crippen molar-refractivity contribution in [2.75, 3.05) is 24.8 Å². The minimum Gasteiger partial charge on any atom is -0.385 e. The number of halogens is 2. The van der Waals surface area contributed by atoms with Gasteiger partial charge in [0.2, 0.25) is 5.91 Å². The number of thioether (sulfide) groups is 1. The van der Waals surface area contributed by atoms with Crippen LogP contribution in [0.4, 0.5) is 14.9 Å². The zero-order valence-corrected chi connectivity index (χ0v) is 18.8. The van der Waals surface area contributed by atoms with Gasteiger partial charge in [0.15, 0.2) is 11.0 Å². The molecule has 1 aromatic heterocycles. The molecule has 0 radical (unpaired) electrons. The summed E-state index contributed by atoms with van der Waals surface area (Å²) in [6, 6.07) is 12.1. The lowest BCUT2D eigenvalue weighted by atomic mass is 10.2. The molecule has 0 unspecified atom stereocenters. The molecule has 11 heteroatoms. The van der Waals surface area contributed by atoms with E-state index in [2.05, 4.69) is 20.8 Å². The van der Waals surface area contributed by atoms with E-state index in [9.17, 15) is 14.0 Å². The number of ether oxygens (including phenoxy) is 1. The van der Waals surface area contributed by atoms with Gasteiger partial charge in [-0.3, -0.25) is 10.1 Å². The van der Waals surface area contributed by atoms with Crippen molar-refractivity contribution in [1.29, 1.82) is 0 Å². The molecule has 0 bridgehead atoms. The molecule has 168 valence electrons. The number of nitrogens with one attached hydrogen (secondary N) is 2. The topological polar surface area (TPSA) is 98.1 Å². The van der Waals surface area contributed by atoms with Crippen LogP contribution in [0.15, 0.2) is 53.7 Å². The van der Waals surface area contributed by atoms with E-state index in [0.717, 1.165) is 17.3 Å². The van der Waals surface area contributed by atoms with Crippen LogP contribution in [-0.4, -0.2) is 46.2 Å². The number of hydrogen-bond donors (Lipinski definition) is 2. The molecular formula is C21H21ClFN5O3S. The Kier molecular flexibility index (Phi) is 8.60. The number of para-hydroxylation sites is 1. The molecule has 3 amide bonds. The number of carbonyl (C=O) groups excluding carboxylic acids is 2. The monoisotopic (exact) mass is 477 g/mol. The second kappa shape index (κ2) is 11.6. The van der Waals surface area contributed by atoms with Crippen LogP contribution in [0.3, 0.4) is 0 Å². The fourth-order valence-corrected chi connectivity index (χ4v) is 3.80. The Morgan fingerprint density at radius 1 is 1.16 bits per heavy atom. The van der Waals surface area contributed by atoms with Crippen molar-refractivity contribution in [3.05, 3.63) is 59.4 Å². The van der Waals surface area contributed by atoms with Gasteiger partial charge in [-0.2, -0.15) is 0 Å². The van der Waals surface area contributed by atoms with Gasteiger partial charge in [-0.25, -0.2) is 9.18 Å². The standard InChI is InChI=1S/C21H21ClFN5O3S/c1-31-12-6-11-28-19(14-7-2-3-8-15(14)22)26-27-21(28)32-13-18(29)25-20(30)24-17-10-5-4-9-16(17)23/h2-5,7-10H,6,11-13H2,1H3,(H2,24,25,29,30). The summed E-state index contributed by atoms with van der Waals surface area (Å²) in [5.74, 6) is -0.669. The number of rotatable bonds is 9. The maximum Gasteiger partial charge on any atom is 0.325 e. The molecule has 0 atom stereocenters. The van der Waals surface area contributed by atoms with Crippen LogP contribution in [0.2, 0.25) is 5.02 Å². The van der Waals surface area contributed by atoms with Crippen LogP contribution in [0.25, 0.3) is 11.4 Å². The van der Waals surface area contributed by atoms with E-state index >= 15 is 0 Å². The Labute approximate surface area is 193 Å². The van der Waals surface area contributed by atoms with Gasteiger partial charge in [0, 0.05) is 25.8 Å². The van der Waals surface area contributed by atoms with Crippen LogP contribution in [0, 0.1) is 5.82 Å². The molecule has 8 nitrogen and oxygen atoms in total. The van der Waals surface area contributed by atoms with Crippen LogP contribution in [-0.2, 0) is 16.1 Å². The summed E-state index contributed by atoms with van der Waals surface area (Å²) in [4.78, 5) is 24.2. The molecular weight excluding hydrogens is 457 g/mol. The Bertz CT molecular complexity index is 1090. The lowest BCUT2D eigenvalue weighted by Crippen LogP contribution is -2.35. The number of urea groups is 1. The van der Waals surface area contributed by atoms with Gasteiger partial charge in [-0.15, -0.1) is 10.2 Å². The molecule has 0 saturated carbocycles. The molecule has 2 N–H and O–H groups in total. The van der Waals surface area contributed by atoms with Gasteiger partial charge < -0.3 is 14.6 Å². The highest BCUT2D eigenvalue weighted by atomic mass is 35.5. The Hall–Kier alpha value is -2.95. The van der Waals surface area contributed by atoms with Gasteiger partial charge in [0.25, 0.3) is 0 Å². The van der Waals surface area contributed by atoms with Crippen LogP contribution >= 0.6 is 23.4 Å². The molecule has 0 aliphatic carbocycles. The van der Waals surface area contributed by atoms with Gasteiger partial charge >= 0.3 is 6.03 Å². The van der Waals surface area contributed by atoms with Gasteiger partial charge in [-0.05, 0) is 30.7 Å². The fourth-order valence-electron chi connectivity index (χ4n) is 2.81. The van der Waals surface area contributed by atoms with Crippen molar-refractivity contribution >= 4 is 41.0 Å². The molecule has 1 heterocycles. The summed E-state index contributed by atoms with van der Waals surface area (Å²) < 4.78 is 20.6. The van der Waals surface area contributed by atoms with Crippen molar-refractivity contribution in [3.63, 3.8) is 0 Å². The molecule has 3 rings (SSSR count). The number of amides is 3. The third-order valence-electron chi connectivity index (χ3n) is 4.27. The Morgan fingerprint density at radius 2 is 1.91 bits per heavy atom. The van der Waals surface area contributed by atoms with Crippen molar-refractivity contribution in [1.82, 2.24) is 20.1 Å². The molecule has 2 aromatic carbocycles. The van der Waals surface area contributed by atoms with E-state index in [4.69, 9.17) is 16.3 Å². The van der Waals surface area contributed by atoms with Crippen molar-refractivity contribution in [2.45, 2.75) is 18.1 Å². The SMILES string of the molecule is COCCCn1c(SCC(=O)NC(=O)Nc2ccccc2F)nnc1-c1ccccc1Cl. The first kappa shape index (κ1) is 23.7. The largest absolute Gasteiger partial charge is 0.385 e. The minimum atomic E-state index is -0.820. The number of methoxy groups -OCH3 is 1. The second-order valence-corrected chi connectivity index (χ2v) is 7.90. The van der Waals surface area contributed by atoms with E-state index in [1.807, 2.05) is 22.8 Å². The molecule has 0 fully saturated rings. The zero-order chi connectivity index (χ0) is 22.9. The van der Waals surface area contributed by atoms with E-state index in [0.29, 0.717) is 35.6 Å². The highest BCUT2D eigenvalue weighted by Crippen LogP contribution is 2.29. The maximum absolute atomic E-state index is 13.6. The number of aromatic nitrogens is 3. The minimum absolute atomic E-state index is 0.0206. The quantitative estimate of drug-likeness (QED) is 0.354. The summed E-state index contributed by atoms with van der Waals surface area (Å²) in [6.07, 6.45) is 0.705. The number of benzene rings is 2. The third kappa shape index (κ3) is 6.28. The zero-order valence-electron chi connectivity index (χ0n) is 17.2. The van der Waals surface area contributed by atoms with E-state index in [1.54, 1.807) is 19.2 Å². The normalized spacial score (nSPS) is 10.7. The fraction of sp³-hybridized carbons (Fsp3) is 0.238. The number of nitrogens with zero attached hydrogens (tertiary/aromatic N) is 3. The first-order chi connectivity index (χ1) is 15.5. The van der Waals surface area contributed by atoms with Crippen molar-refractivity contribution < 1.29 is 18.7 Å². The second-order valence-electron chi connectivity index (χ2n) is 6.55. The first-order valence-corrected chi connectivity index (χ1v) is 11.0. The van der Waals surface area contributed by atoms with Crippen molar-refractivity contribution in [3.8, 4) is 11.4 Å². The predicted molar refractivity (Wildman–Crippen MR) is 121 cm³/mol. The molecule has 32 heavy (non-hydrogen) atoms. The highest BCUT2D eigenvalue weighted by molar-refractivity contribution is 7.99. The average Bonchev–Trinajstić information content (AvgIpc) is 3.17. The number of anilines is 1. The van der Waals surface area contributed by atoms with Gasteiger partial charge in [0.05, 0.1) is 16.5 Å². The smallest absolute Gasteiger partial charge is 0.325 e. The molecule has 0 spiro atoms. The molecule has 0 aliphatic rings. The summed E-state index contributed by atoms with van der Waals surface area (Å²) in [7, 11) is 1.62. The third-order valence-corrected chi connectivity index (χ3v) is 5.57. The maximum atomic E-state index is 13.6. The number of imide groups is 1. The Morgan fingerprint density at radius 3 is 2.66 bits per heavy atom. The number of carbonyl (C=O) groups is 2. The first-order valence-electron chi connectivity index (χ1n) is 9.64. The summed E-state index contributed by atoms with van der Waals surface area (Å²) in [5.41, 5.74) is 0.701. The van der Waals surface area contributed by atoms with Crippen LogP contribution in [0.1, 0.15) is 6.42 Å². The molecule has 0 saturated heterocycles. The Balaban J connectivity index is 1.66. The summed E-state index contributed by atoms with van der Waals surface area (Å²) in [5, 5.41) is 13.9. The highest BCUT2D eigenvalue weighted by Gasteiger charge is 2.18. The average molecular weight is 478 g/mol. The lowest BCUT2D eigenvalue weighted by Gasteiger charge is -2.11. The van der Waals surface area contributed by atoms with E-state index < -0.39 is 17.8 Å². The van der Waals surface area contributed by atoms with Gasteiger partial charge in [0.1, 0.15) is 5.82 Å². The predicted octanol–water partition coefficient (Wildman–Crippen LogP) is 4.21. The van der Waals surface area contributed by atoms with Crippen LogP contribution in [0.5, 0.6) is 0 Å². The molecule has 0 aliphatic heterocycles. The molecule has 3 aromatic rings. The summed E-state index contributed by atoms with van der Waals surface area (Å²) >= 11 is 7.44. The van der Waals surface area contributed by atoms with Crippen LogP contribution < -0.4 is 10.6 Å². The van der Waals surface area contributed by atoms with Crippen molar-refractivity contribution in [2.24, 2.45) is 0 Å². The van der Waals surface area contributed by atoms with E-state index in [1.165, 1.54) is 18.2 Å². The van der Waals surface area contributed by atoms with Gasteiger partial charge in [-0.1, -0.05) is 47.6 Å². The lowest BCUT2D eigenvalue weighted by molar-refractivity contribution is -0.117.